The van der Waals surface area contributed by atoms with E-state index in [4.69, 9.17) is 4.98 Å². The molecule has 3 aromatic rings. The van der Waals surface area contributed by atoms with E-state index in [2.05, 4.69) is 23.1 Å². The normalized spacial score (nSPS) is 17.6. The maximum Gasteiger partial charge on any atom is 0.257 e. The molecule has 1 atom stereocenters. The van der Waals surface area contributed by atoms with Gasteiger partial charge in [-0.15, -0.1) is 0 Å². The molecule has 6 nitrogen and oxygen atoms in total. The molecule has 27 heavy (non-hydrogen) atoms. The second-order valence-corrected chi connectivity index (χ2v) is 7.53. The number of nitrogens with one attached hydrogen (secondary N) is 1. The largest absolute Gasteiger partial charge is 0.342 e. The molecular weight excluding hydrogens is 338 g/mol. The third-order valence-electron chi connectivity index (χ3n) is 5.50. The number of imidazole rings is 1. The van der Waals surface area contributed by atoms with Crippen LogP contribution in [0, 0.1) is 12.8 Å². The van der Waals surface area contributed by atoms with Gasteiger partial charge >= 0.3 is 0 Å². The Morgan fingerprint density at radius 3 is 3.00 bits per heavy atom. The van der Waals surface area contributed by atoms with Crippen LogP contribution in [-0.4, -0.2) is 43.6 Å². The number of fused-ring (bicyclic) bond motifs is 1. The number of para-hydroxylation sites is 2. The summed E-state index contributed by atoms with van der Waals surface area (Å²) in [4.78, 5) is 23.1. The van der Waals surface area contributed by atoms with Gasteiger partial charge in [0.15, 0.2) is 0 Å². The van der Waals surface area contributed by atoms with E-state index < -0.39 is 0 Å². The van der Waals surface area contributed by atoms with Gasteiger partial charge in [0.25, 0.3) is 5.91 Å². The Morgan fingerprint density at radius 2 is 2.19 bits per heavy atom. The number of carbonyl (C=O) groups is 1. The van der Waals surface area contributed by atoms with Gasteiger partial charge in [-0.3, -0.25) is 9.48 Å². The Hall–Kier alpha value is -2.63. The van der Waals surface area contributed by atoms with Crippen molar-refractivity contribution < 1.29 is 4.79 Å². The molecule has 0 radical (unpaired) electrons. The molecule has 2 aromatic heterocycles. The van der Waals surface area contributed by atoms with E-state index in [-0.39, 0.29) is 5.91 Å². The number of carbonyl (C=O) groups excluding carboxylic acids is 1. The Bertz CT molecular complexity index is 908. The van der Waals surface area contributed by atoms with Crippen LogP contribution in [0.3, 0.4) is 0 Å². The number of hydrogen-bond acceptors (Lipinski definition) is 3. The van der Waals surface area contributed by atoms with E-state index >= 15 is 0 Å². The van der Waals surface area contributed by atoms with E-state index in [1.165, 1.54) is 0 Å². The van der Waals surface area contributed by atoms with Gasteiger partial charge in [-0.25, -0.2) is 4.98 Å². The number of aryl methyl sites for hydroxylation is 1. The van der Waals surface area contributed by atoms with Gasteiger partial charge in [-0.1, -0.05) is 19.1 Å². The van der Waals surface area contributed by atoms with Crippen molar-refractivity contribution in [3.8, 4) is 0 Å². The molecule has 0 bridgehead atoms. The number of H-pyrrole nitrogens is 1. The molecular formula is C21H27N5O. The SMILES string of the molecule is CCCn1ncc(C(=O)N2CCC[C@@H](Cc3nc4ccccc4[nH]3)C2)c1C. The summed E-state index contributed by atoms with van der Waals surface area (Å²) in [5.74, 6) is 1.57. The zero-order valence-corrected chi connectivity index (χ0v) is 16.1. The van der Waals surface area contributed by atoms with Crippen LogP contribution >= 0.6 is 0 Å². The lowest BCUT2D eigenvalue weighted by Gasteiger charge is -2.32. The van der Waals surface area contributed by atoms with Crippen molar-refractivity contribution in [2.75, 3.05) is 13.1 Å². The first-order chi connectivity index (χ1) is 13.2. The van der Waals surface area contributed by atoms with Crippen molar-refractivity contribution >= 4 is 16.9 Å². The Labute approximate surface area is 159 Å². The molecule has 0 aliphatic carbocycles. The predicted molar refractivity (Wildman–Crippen MR) is 106 cm³/mol. The van der Waals surface area contributed by atoms with Crippen LogP contribution in [0.1, 0.15) is 48.1 Å². The zero-order chi connectivity index (χ0) is 18.8. The minimum absolute atomic E-state index is 0.115. The summed E-state index contributed by atoms with van der Waals surface area (Å²) in [6.07, 6.45) is 5.80. The quantitative estimate of drug-likeness (QED) is 0.751. The second kappa shape index (κ2) is 7.55. The van der Waals surface area contributed by atoms with Crippen molar-refractivity contribution in [2.45, 2.75) is 46.1 Å². The summed E-state index contributed by atoms with van der Waals surface area (Å²) < 4.78 is 1.93. The van der Waals surface area contributed by atoms with Crippen LogP contribution in [0.5, 0.6) is 0 Å². The molecule has 0 unspecified atom stereocenters. The number of amides is 1. The standard InChI is InChI=1S/C21H27N5O/c1-3-10-26-15(2)17(13-22-26)21(27)25-11-6-7-16(14-25)12-20-23-18-8-4-5-9-19(18)24-20/h4-5,8-9,13,16H,3,6-7,10-12,14H2,1-2H3,(H,23,24)/t16-/m0/s1. The topological polar surface area (TPSA) is 66.8 Å². The van der Waals surface area contributed by atoms with Gasteiger partial charge < -0.3 is 9.88 Å². The van der Waals surface area contributed by atoms with Gasteiger partial charge in [-0.05, 0) is 44.2 Å². The number of aromatic nitrogens is 4. The van der Waals surface area contributed by atoms with Crippen molar-refractivity contribution in [3.05, 3.63) is 47.5 Å². The first kappa shape index (κ1) is 17.8. The van der Waals surface area contributed by atoms with Crippen molar-refractivity contribution in [2.24, 2.45) is 5.92 Å². The van der Waals surface area contributed by atoms with Gasteiger partial charge in [0.1, 0.15) is 5.82 Å². The number of aromatic amines is 1. The fourth-order valence-corrected chi connectivity index (χ4v) is 4.06. The summed E-state index contributed by atoms with van der Waals surface area (Å²) in [6.45, 7) is 6.58. The highest BCUT2D eigenvalue weighted by atomic mass is 16.2. The Morgan fingerprint density at radius 1 is 1.33 bits per heavy atom. The molecule has 1 N–H and O–H groups in total. The molecule has 1 amide bonds. The van der Waals surface area contributed by atoms with Gasteiger partial charge in [-0.2, -0.15) is 5.10 Å². The fourth-order valence-electron chi connectivity index (χ4n) is 4.06. The maximum atomic E-state index is 13.0. The number of benzene rings is 1. The molecule has 0 spiro atoms. The van der Waals surface area contributed by atoms with Crippen LogP contribution in [-0.2, 0) is 13.0 Å². The van der Waals surface area contributed by atoms with Crippen LogP contribution in [0.25, 0.3) is 11.0 Å². The van der Waals surface area contributed by atoms with E-state index in [0.29, 0.717) is 5.92 Å². The number of hydrogen-bond donors (Lipinski definition) is 1. The third-order valence-corrected chi connectivity index (χ3v) is 5.50. The lowest BCUT2D eigenvalue weighted by atomic mass is 9.94. The van der Waals surface area contributed by atoms with Gasteiger partial charge in [0.05, 0.1) is 22.8 Å². The number of likely N-dealkylation sites (tertiary alicyclic amines) is 1. The lowest BCUT2D eigenvalue weighted by molar-refractivity contribution is 0.0671. The van der Waals surface area contributed by atoms with E-state index in [1.807, 2.05) is 34.7 Å². The smallest absolute Gasteiger partial charge is 0.257 e. The number of piperidine rings is 1. The average molecular weight is 365 g/mol. The molecule has 1 aliphatic heterocycles. The molecule has 6 heteroatoms. The highest BCUT2D eigenvalue weighted by Crippen LogP contribution is 2.23. The highest BCUT2D eigenvalue weighted by molar-refractivity contribution is 5.95. The number of nitrogens with zero attached hydrogens (tertiary/aromatic N) is 4. The summed E-state index contributed by atoms with van der Waals surface area (Å²) in [7, 11) is 0. The summed E-state index contributed by atoms with van der Waals surface area (Å²) in [6, 6.07) is 8.11. The van der Waals surface area contributed by atoms with Crippen LogP contribution in [0.4, 0.5) is 0 Å². The second-order valence-electron chi connectivity index (χ2n) is 7.53. The molecule has 1 aliphatic rings. The Kier molecular flexibility index (Phi) is 4.97. The average Bonchev–Trinajstić information content (AvgIpc) is 3.25. The highest BCUT2D eigenvalue weighted by Gasteiger charge is 2.27. The van der Waals surface area contributed by atoms with Crippen LogP contribution < -0.4 is 0 Å². The van der Waals surface area contributed by atoms with E-state index in [9.17, 15) is 4.79 Å². The summed E-state index contributed by atoms with van der Waals surface area (Å²) >= 11 is 0. The fraction of sp³-hybridized carbons (Fsp3) is 0.476. The first-order valence-electron chi connectivity index (χ1n) is 9.91. The zero-order valence-electron chi connectivity index (χ0n) is 16.1. The van der Waals surface area contributed by atoms with Crippen LogP contribution in [0.2, 0.25) is 0 Å². The summed E-state index contributed by atoms with van der Waals surface area (Å²) in [5, 5.41) is 4.39. The molecule has 3 heterocycles. The summed E-state index contributed by atoms with van der Waals surface area (Å²) in [5.41, 5.74) is 3.81. The molecule has 4 rings (SSSR count). The Balaban J connectivity index is 1.45. The molecule has 1 fully saturated rings. The third kappa shape index (κ3) is 3.61. The van der Waals surface area contributed by atoms with Crippen LogP contribution in [0.15, 0.2) is 30.5 Å². The van der Waals surface area contributed by atoms with E-state index in [0.717, 1.165) is 73.4 Å². The van der Waals surface area contributed by atoms with Gasteiger partial charge in [0.2, 0.25) is 0 Å². The molecule has 142 valence electrons. The molecule has 1 saturated heterocycles. The predicted octanol–water partition coefficient (Wildman–Crippen LogP) is 3.57. The van der Waals surface area contributed by atoms with Crippen molar-refractivity contribution in [1.29, 1.82) is 0 Å². The molecule has 0 saturated carbocycles. The number of rotatable bonds is 5. The lowest BCUT2D eigenvalue weighted by Crippen LogP contribution is -2.40. The van der Waals surface area contributed by atoms with Crippen molar-refractivity contribution in [3.63, 3.8) is 0 Å². The minimum atomic E-state index is 0.115. The first-order valence-corrected chi connectivity index (χ1v) is 9.91. The van der Waals surface area contributed by atoms with Crippen molar-refractivity contribution in [1.82, 2.24) is 24.6 Å². The van der Waals surface area contributed by atoms with E-state index in [1.54, 1.807) is 6.20 Å². The molecule has 1 aromatic carbocycles. The monoisotopic (exact) mass is 365 g/mol. The van der Waals surface area contributed by atoms with Gasteiger partial charge in [0, 0.05) is 31.7 Å². The maximum absolute atomic E-state index is 13.0. The minimum Gasteiger partial charge on any atom is -0.342 e.